The summed E-state index contributed by atoms with van der Waals surface area (Å²) in [6.45, 7) is 0.711. The third-order valence-corrected chi connectivity index (χ3v) is 2.96. The van der Waals surface area contributed by atoms with Crippen molar-refractivity contribution in [2.75, 3.05) is 6.54 Å². The van der Waals surface area contributed by atoms with E-state index in [-0.39, 0.29) is 0 Å². The first-order valence-corrected chi connectivity index (χ1v) is 5.83. The number of pyridine rings is 1. The van der Waals surface area contributed by atoms with Gasteiger partial charge in [-0.15, -0.1) is 11.3 Å². The highest BCUT2D eigenvalue weighted by molar-refractivity contribution is 7.13. The normalized spacial score (nSPS) is 10.5. The van der Waals surface area contributed by atoms with E-state index in [2.05, 4.69) is 16.0 Å². The van der Waals surface area contributed by atoms with Crippen LogP contribution in [-0.4, -0.2) is 16.5 Å². The van der Waals surface area contributed by atoms with Gasteiger partial charge in [0.2, 0.25) is 0 Å². The fourth-order valence-corrected chi connectivity index (χ4v) is 2.03. The average Bonchev–Trinajstić information content (AvgIpc) is 2.80. The summed E-state index contributed by atoms with van der Waals surface area (Å²) in [4.78, 5) is 8.58. The van der Waals surface area contributed by atoms with Gasteiger partial charge in [-0.05, 0) is 31.5 Å². The van der Waals surface area contributed by atoms with Crippen LogP contribution in [-0.2, 0) is 6.42 Å². The molecule has 15 heavy (non-hydrogen) atoms. The quantitative estimate of drug-likeness (QED) is 0.856. The predicted octanol–water partition coefficient (Wildman–Crippen LogP) is 2.10. The summed E-state index contributed by atoms with van der Waals surface area (Å²) in [5, 5.41) is 3.03. The Labute approximate surface area is 93.0 Å². The summed E-state index contributed by atoms with van der Waals surface area (Å²) < 4.78 is 0. The second-order valence-electron chi connectivity index (χ2n) is 3.27. The highest BCUT2D eigenvalue weighted by Crippen LogP contribution is 2.21. The fourth-order valence-electron chi connectivity index (χ4n) is 1.40. The molecule has 0 radical (unpaired) electrons. The molecule has 0 bridgehead atoms. The molecule has 0 amide bonds. The minimum atomic E-state index is 0.711. The van der Waals surface area contributed by atoms with Gasteiger partial charge in [0.25, 0.3) is 0 Å². The molecule has 4 heteroatoms. The van der Waals surface area contributed by atoms with Gasteiger partial charge in [-0.2, -0.15) is 0 Å². The maximum Gasteiger partial charge on any atom is 0.123 e. The number of aryl methyl sites for hydroxylation is 1. The van der Waals surface area contributed by atoms with Crippen molar-refractivity contribution in [1.82, 2.24) is 9.97 Å². The maximum atomic E-state index is 5.47. The molecular weight excluding hydrogens is 206 g/mol. The van der Waals surface area contributed by atoms with E-state index in [4.69, 9.17) is 5.73 Å². The van der Waals surface area contributed by atoms with Crippen LogP contribution in [0.15, 0.2) is 29.9 Å². The predicted molar refractivity (Wildman–Crippen MR) is 62.7 cm³/mol. The SMILES string of the molecule is NCCCc1cc(-c2nccs2)ccn1. The van der Waals surface area contributed by atoms with Crippen LogP contribution in [0.2, 0.25) is 0 Å². The largest absolute Gasteiger partial charge is 0.330 e. The monoisotopic (exact) mass is 219 g/mol. The molecule has 2 aromatic heterocycles. The first kappa shape index (κ1) is 10.3. The summed E-state index contributed by atoms with van der Waals surface area (Å²) in [6.07, 6.45) is 5.58. The second-order valence-corrected chi connectivity index (χ2v) is 4.16. The zero-order valence-electron chi connectivity index (χ0n) is 8.39. The van der Waals surface area contributed by atoms with E-state index in [9.17, 15) is 0 Å². The Balaban J connectivity index is 2.19. The Morgan fingerprint density at radius 1 is 1.27 bits per heavy atom. The fraction of sp³-hybridized carbons (Fsp3) is 0.273. The molecule has 0 aromatic carbocycles. The molecule has 0 spiro atoms. The Kier molecular flexibility index (Phi) is 3.42. The third-order valence-electron chi connectivity index (χ3n) is 2.13. The van der Waals surface area contributed by atoms with E-state index in [1.165, 1.54) is 0 Å². The first-order chi connectivity index (χ1) is 7.40. The van der Waals surface area contributed by atoms with Crippen LogP contribution in [0.25, 0.3) is 10.6 Å². The van der Waals surface area contributed by atoms with Crippen molar-refractivity contribution in [3.05, 3.63) is 35.6 Å². The molecule has 0 saturated carbocycles. The Hall–Kier alpha value is -1.26. The number of hydrogen-bond acceptors (Lipinski definition) is 4. The molecule has 0 fully saturated rings. The van der Waals surface area contributed by atoms with Gasteiger partial charge < -0.3 is 5.73 Å². The van der Waals surface area contributed by atoms with Crippen LogP contribution >= 0.6 is 11.3 Å². The smallest absolute Gasteiger partial charge is 0.123 e. The van der Waals surface area contributed by atoms with E-state index in [1.54, 1.807) is 11.3 Å². The zero-order valence-corrected chi connectivity index (χ0v) is 9.20. The van der Waals surface area contributed by atoms with Crippen molar-refractivity contribution in [2.24, 2.45) is 5.73 Å². The molecule has 0 aliphatic rings. The summed E-state index contributed by atoms with van der Waals surface area (Å²) in [6, 6.07) is 4.08. The molecule has 0 aliphatic heterocycles. The number of hydrogen-bond donors (Lipinski definition) is 1. The van der Waals surface area contributed by atoms with Crippen molar-refractivity contribution in [2.45, 2.75) is 12.8 Å². The molecule has 2 heterocycles. The van der Waals surface area contributed by atoms with Crippen molar-refractivity contribution in [3.8, 4) is 10.6 Å². The standard InChI is InChI=1S/C11H13N3S/c12-4-1-2-10-8-9(3-5-13-10)11-14-6-7-15-11/h3,5-8H,1-2,4,12H2. The van der Waals surface area contributed by atoms with Gasteiger partial charge >= 0.3 is 0 Å². The molecular formula is C11H13N3S. The molecule has 0 unspecified atom stereocenters. The minimum Gasteiger partial charge on any atom is -0.330 e. The van der Waals surface area contributed by atoms with Crippen molar-refractivity contribution in [3.63, 3.8) is 0 Å². The lowest BCUT2D eigenvalue weighted by Crippen LogP contribution is -2.01. The lowest BCUT2D eigenvalue weighted by atomic mass is 10.1. The average molecular weight is 219 g/mol. The third kappa shape index (κ3) is 2.61. The van der Waals surface area contributed by atoms with Crippen LogP contribution in [0.3, 0.4) is 0 Å². The van der Waals surface area contributed by atoms with E-state index >= 15 is 0 Å². The van der Waals surface area contributed by atoms with Crippen molar-refractivity contribution in [1.29, 1.82) is 0 Å². The van der Waals surface area contributed by atoms with E-state index in [1.807, 2.05) is 23.8 Å². The van der Waals surface area contributed by atoms with Crippen LogP contribution in [0.4, 0.5) is 0 Å². The summed E-state index contributed by atoms with van der Waals surface area (Å²) in [5.74, 6) is 0. The van der Waals surface area contributed by atoms with Crippen molar-refractivity contribution < 1.29 is 0 Å². The molecule has 0 aliphatic carbocycles. The summed E-state index contributed by atoms with van der Waals surface area (Å²) in [7, 11) is 0. The first-order valence-electron chi connectivity index (χ1n) is 4.95. The van der Waals surface area contributed by atoms with Crippen LogP contribution in [0.1, 0.15) is 12.1 Å². The van der Waals surface area contributed by atoms with E-state index in [0.29, 0.717) is 6.54 Å². The molecule has 0 saturated heterocycles. The molecule has 2 N–H and O–H groups in total. The van der Waals surface area contributed by atoms with Gasteiger partial charge in [0, 0.05) is 29.0 Å². The van der Waals surface area contributed by atoms with Crippen LogP contribution < -0.4 is 5.73 Å². The summed E-state index contributed by atoms with van der Waals surface area (Å²) >= 11 is 1.64. The Morgan fingerprint density at radius 3 is 2.93 bits per heavy atom. The van der Waals surface area contributed by atoms with Crippen molar-refractivity contribution >= 4 is 11.3 Å². The van der Waals surface area contributed by atoms with Crippen LogP contribution in [0.5, 0.6) is 0 Å². The van der Waals surface area contributed by atoms with Gasteiger partial charge in [-0.1, -0.05) is 0 Å². The number of thiazole rings is 1. The topological polar surface area (TPSA) is 51.8 Å². The molecule has 0 atom stereocenters. The van der Waals surface area contributed by atoms with Gasteiger partial charge in [0.1, 0.15) is 5.01 Å². The Bertz CT molecular complexity index is 412. The lowest BCUT2D eigenvalue weighted by molar-refractivity contribution is 0.811. The molecule has 2 rings (SSSR count). The maximum absolute atomic E-state index is 5.47. The van der Waals surface area contributed by atoms with Gasteiger partial charge in [-0.25, -0.2) is 4.98 Å². The zero-order chi connectivity index (χ0) is 10.5. The van der Waals surface area contributed by atoms with Gasteiger partial charge in [0.15, 0.2) is 0 Å². The minimum absolute atomic E-state index is 0.711. The number of aromatic nitrogens is 2. The van der Waals surface area contributed by atoms with E-state index in [0.717, 1.165) is 29.1 Å². The van der Waals surface area contributed by atoms with Crippen LogP contribution in [0, 0.1) is 0 Å². The number of nitrogens with zero attached hydrogens (tertiary/aromatic N) is 2. The molecule has 3 nitrogen and oxygen atoms in total. The molecule has 78 valence electrons. The molecule has 2 aromatic rings. The number of nitrogens with two attached hydrogens (primary N) is 1. The number of rotatable bonds is 4. The van der Waals surface area contributed by atoms with E-state index < -0.39 is 0 Å². The highest BCUT2D eigenvalue weighted by atomic mass is 32.1. The van der Waals surface area contributed by atoms with Gasteiger partial charge in [-0.3, -0.25) is 4.98 Å². The Morgan fingerprint density at radius 2 is 2.20 bits per heavy atom. The summed E-state index contributed by atoms with van der Waals surface area (Å²) in [5.41, 5.74) is 7.71. The highest BCUT2D eigenvalue weighted by Gasteiger charge is 2.01. The lowest BCUT2D eigenvalue weighted by Gasteiger charge is -2.01. The van der Waals surface area contributed by atoms with Gasteiger partial charge in [0.05, 0.1) is 0 Å². The second kappa shape index (κ2) is 5.00.